The van der Waals surface area contributed by atoms with E-state index in [1.807, 2.05) is 23.9 Å². The Kier molecular flexibility index (Phi) is 4.93. The molecule has 0 spiro atoms. The Hall–Kier alpha value is -1.79. The van der Waals surface area contributed by atoms with Crippen LogP contribution in [0.3, 0.4) is 0 Å². The number of likely N-dealkylation sites (tertiary alicyclic amines) is 1. The number of hydrogen-bond acceptors (Lipinski definition) is 5. The van der Waals surface area contributed by atoms with Gasteiger partial charge in [-0.25, -0.2) is 5.10 Å². The lowest BCUT2D eigenvalue weighted by atomic mass is 9.91. The third kappa shape index (κ3) is 4.61. The number of carbonyl (C=O) groups is 1. The molecule has 0 saturated carbocycles. The van der Waals surface area contributed by atoms with Gasteiger partial charge in [-0.1, -0.05) is 20.8 Å². The quantitative estimate of drug-likeness (QED) is 0.885. The predicted molar refractivity (Wildman–Crippen MR) is 88.0 cm³/mol. The Morgan fingerprint density at radius 3 is 2.50 bits per heavy atom. The fourth-order valence-corrected chi connectivity index (χ4v) is 2.55. The van der Waals surface area contributed by atoms with Gasteiger partial charge in [0.15, 0.2) is 0 Å². The van der Waals surface area contributed by atoms with Gasteiger partial charge in [0.2, 0.25) is 17.8 Å². The molecule has 1 fully saturated rings. The third-order valence-corrected chi connectivity index (χ3v) is 3.74. The number of rotatable bonds is 4. The van der Waals surface area contributed by atoms with E-state index in [-0.39, 0.29) is 11.3 Å². The van der Waals surface area contributed by atoms with Crippen LogP contribution in [0.25, 0.3) is 0 Å². The molecule has 2 heterocycles. The van der Waals surface area contributed by atoms with Crippen LogP contribution in [0.15, 0.2) is 0 Å². The van der Waals surface area contributed by atoms with Gasteiger partial charge in [0, 0.05) is 39.6 Å². The van der Waals surface area contributed by atoms with Crippen molar-refractivity contribution in [3.63, 3.8) is 0 Å². The van der Waals surface area contributed by atoms with Crippen LogP contribution in [0.2, 0.25) is 0 Å². The highest BCUT2D eigenvalue weighted by molar-refractivity contribution is 5.76. The summed E-state index contributed by atoms with van der Waals surface area (Å²) in [5, 5.41) is 10.4. The highest BCUT2D eigenvalue weighted by atomic mass is 16.2. The van der Waals surface area contributed by atoms with E-state index in [2.05, 4.69) is 41.3 Å². The fourth-order valence-electron chi connectivity index (χ4n) is 2.55. The molecule has 1 aromatic heterocycles. The molecule has 1 aromatic rings. The van der Waals surface area contributed by atoms with E-state index in [0.717, 1.165) is 25.9 Å². The number of aromatic nitrogens is 3. The molecule has 2 N–H and O–H groups in total. The fraction of sp³-hybridized carbons (Fsp3) is 0.800. The summed E-state index contributed by atoms with van der Waals surface area (Å²) in [6.45, 7) is 7.92. The first kappa shape index (κ1) is 16.6. The number of hydrogen-bond donors (Lipinski definition) is 2. The van der Waals surface area contributed by atoms with E-state index in [4.69, 9.17) is 0 Å². The van der Waals surface area contributed by atoms with E-state index in [1.165, 1.54) is 0 Å². The molecule has 0 unspecified atom stereocenters. The largest absolute Gasteiger partial charge is 0.352 e. The van der Waals surface area contributed by atoms with E-state index in [9.17, 15) is 4.79 Å². The number of carbonyl (C=O) groups excluding carboxylic acids is 1. The number of H-pyrrole nitrogens is 1. The van der Waals surface area contributed by atoms with Crippen molar-refractivity contribution in [2.24, 2.45) is 5.41 Å². The molecule has 1 saturated heterocycles. The van der Waals surface area contributed by atoms with Gasteiger partial charge in [-0.2, -0.15) is 4.98 Å². The number of nitrogens with zero attached hydrogens (tertiary/aromatic N) is 4. The van der Waals surface area contributed by atoms with Gasteiger partial charge in [-0.05, 0) is 18.3 Å². The van der Waals surface area contributed by atoms with Crippen LogP contribution in [0.1, 0.15) is 40.0 Å². The molecule has 1 amide bonds. The second-order valence-electron chi connectivity index (χ2n) is 7.42. The van der Waals surface area contributed by atoms with Crippen LogP contribution in [-0.4, -0.2) is 59.2 Å². The summed E-state index contributed by atoms with van der Waals surface area (Å²) in [6.07, 6.45) is 2.49. The maximum absolute atomic E-state index is 12.2. The lowest BCUT2D eigenvalue weighted by Crippen LogP contribution is -2.43. The van der Waals surface area contributed by atoms with Crippen molar-refractivity contribution in [3.8, 4) is 0 Å². The van der Waals surface area contributed by atoms with Crippen LogP contribution in [0.5, 0.6) is 0 Å². The Balaban J connectivity index is 1.80. The van der Waals surface area contributed by atoms with Gasteiger partial charge in [-0.3, -0.25) is 4.79 Å². The van der Waals surface area contributed by atoms with E-state index in [0.29, 0.717) is 24.4 Å². The highest BCUT2D eigenvalue weighted by Gasteiger charge is 2.26. The Bertz CT molecular complexity index is 496. The highest BCUT2D eigenvalue weighted by Crippen LogP contribution is 2.22. The maximum atomic E-state index is 12.2. The SMILES string of the molecule is CN(C)c1n[nH]c(NC2CCN(C(=O)CC(C)(C)C)CC2)n1. The number of amides is 1. The summed E-state index contributed by atoms with van der Waals surface area (Å²) in [6, 6.07) is 0.335. The molecule has 2 rings (SSSR count). The van der Waals surface area contributed by atoms with Gasteiger partial charge in [0.1, 0.15) is 0 Å². The summed E-state index contributed by atoms with van der Waals surface area (Å²) in [5.74, 6) is 1.63. The molecule has 0 atom stereocenters. The molecule has 1 aliphatic heterocycles. The first-order valence-corrected chi connectivity index (χ1v) is 7.88. The Morgan fingerprint density at radius 2 is 2.00 bits per heavy atom. The molecule has 124 valence electrons. The normalized spacial score (nSPS) is 16.7. The minimum Gasteiger partial charge on any atom is -0.352 e. The first-order chi connectivity index (χ1) is 10.2. The van der Waals surface area contributed by atoms with Crippen molar-refractivity contribution in [3.05, 3.63) is 0 Å². The smallest absolute Gasteiger partial charge is 0.245 e. The van der Waals surface area contributed by atoms with Crippen molar-refractivity contribution < 1.29 is 4.79 Å². The van der Waals surface area contributed by atoms with E-state index in [1.54, 1.807) is 0 Å². The zero-order valence-corrected chi connectivity index (χ0v) is 14.3. The van der Waals surface area contributed by atoms with Gasteiger partial charge in [0.25, 0.3) is 0 Å². The third-order valence-electron chi connectivity index (χ3n) is 3.74. The van der Waals surface area contributed by atoms with Crippen molar-refractivity contribution in [2.75, 3.05) is 37.4 Å². The van der Waals surface area contributed by atoms with Crippen LogP contribution in [-0.2, 0) is 4.79 Å². The molecule has 0 radical (unpaired) electrons. The molecule has 1 aliphatic rings. The second-order valence-corrected chi connectivity index (χ2v) is 7.42. The topological polar surface area (TPSA) is 77.2 Å². The number of anilines is 2. The second kappa shape index (κ2) is 6.54. The molecule has 7 nitrogen and oxygen atoms in total. The average molecular weight is 308 g/mol. The van der Waals surface area contributed by atoms with Crippen molar-refractivity contribution in [2.45, 2.75) is 46.1 Å². The summed E-state index contributed by atoms with van der Waals surface area (Å²) in [7, 11) is 3.82. The Labute approximate surface area is 132 Å². The zero-order valence-electron chi connectivity index (χ0n) is 14.3. The summed E-state index contributed by atoms with van der Waals surface area (Å²) in [5.41, 5.74) is 0.0502. The van der Waals surface area contributed by atoms with Gasteiger partial charge in [0.05, 0.1) is 0 Å². The molecule has 0 bridgehead atoms. The van der Waals surface area contributed by atoms with Crippen molar-refractivity contribution >= 4 is 17.8 Å². The van der Waals surface area contributed by atoms with Gasteiger partial charge >= 0.3 is 0 Å². The monoisotopic (exact) mass is 308 g/mol. The number of nitrogens with one attached hydrogen (secondary N) is 2. The van der Waals surface area contributed by atoms with E-state index >= 15 is 0 Å². The molecule has 0 aliphatic carbocycles. The molecule has 7 heteroatoms. The minimum atomic E-state index is 0.0502. The molecular formula is C15H28N6O. The molecule has 22 heavy (non-hydrogen) atoms. The van der Waals surface area contributed by atoms with Crippen LogP contribution in [0, 0.1) is 5.41 Å². The first-order valence-electron chi connectivity index (χ1n) is 7.88. The van der Waals surface area contributed by atoms with E-state index < -0.39 is 0 Å². The number of aromatic amines is 1. The van der Waals surface area contributed by atoms with Crippen LogP contribution < -0.4 is 10.2 Å². The minimum absolute atomic E-state index is 0.0502. The standard InChI is InChI=1S/C15H28N6O/c1-15(2,3)10-12(22)21-8-6-11(7-9-21)16-13-17-14(19-18-13)20(4)5/h11H,6-10H2,1-5H3,(H2,16,17,18,19). The van der Waals surface area contributed by atoms with Gasteiger partial charge < -0.3 is 15.1 Å². The summed E-state index contributed by atoms with van der Waals surface area (Å²) >= 11 is 0. The molecule has 0 aromatic carbocycles. The predicted octanol–water partition coefficient (Wildman–Crippen LogP) is 1.71. The van der Waals surface area contributed by atoms with Crippen LogP contribution >= 0.6 is 0 Å². The summed E-state index contributed by atoms with van der Waals surface area (Å²) in [4.78, 5) is 20.4. The van der Waals surface area contributed by atoms with Gasteiger partial charge in [-0.15, -0.1) is 5.10 Å². The average Bonchev–Trinajstić information content (AvgIpc) is 2.86. The number of piperidine rings is 1. The lowest BCUT2D eigenvalue weighted by Gasteiger charge is -2.33. The van der Waals surface area contributed by atoms with Crippen molar-refractivity contribution in [1.29, 1.82) is 0 Å². The van der Waals surface area contributed by atoms with Crippen LogP contribution in [0.4, 0.5) is 11.9 Å². The lowest BCUT2D eigenvalue weighted by molar-refractivity contribution is -0.134. The zero-order chi connectivity index (χ0) is 16.3. The maximum Gasteiger partial charge on any atom is 0.245 e. The molecular weight excluding hydrogens is 280 g/mol. The Morgan fingerprint density at radius 1 is 1.36 bits per heavy atom. The summed E-state index contributed by atoms with van der Waals surface area (Å²) < 4.78 is 0. The van der Waals surface area contributed by atoms with Crippen molar-refractivity contribution in [1.82, 2.24) is 20.1 Å².